The van der Waals surface area contributed by atoms with Crippen molar-refractivity contribution in [3.63, 3.8) is 0 Å². The molecule has 4 heteroatoms. The largest absolute Gasteiger partial charge is 0.481 e. The van der Waals surface area contributed by atoms with E-state index in [0.717, 1.165) is 6.42 Å². The molecule has 0 amide bonds. The zero-order valence-electron chi connectivity index (χ0n) is 9.52. The second-order valence-corrected chi connectivity index (χ2v) is 4.66. The maximum atomic E-state index is 10.6. The lowest BCUT2D eigenvalue weighted by Gasteiger charge is -2.21. The maximum absolute atomic E-state index is 10.6. The molecule has 1 fully saturated rings. The highest BCUT2D eigenvalue weighted by Crippen LogP contribution is 2.28. The Morgan fingerprint density at radius 3 is 2.12 bits per heavy atom. The summed E-state index contributed by atoms with van der Waals surface area (Å²) >= 11 is 0. The second kappa shape index (κ2) is 6.51. The fraction of sp³-hybridized carbons (Fsp3) is 0.833. The van der Waals surface area contributed by atoms with Crippen LogP contribution in [0.3, 0.4) is 0 Å². The van der Waals surface area contributed by atoms with Gasteiger partial charge in [0, 0.05) is 0 Å². The van der Waals surface area contributed by atoms with Crippen molar-refractivity contribution in [1.29, 1.82) is 0 Å². The van der Waals surface area contributed by atoms with E-state index in [2.05, 4.69) is 0 Å². The minimum absolute atomic E-state index is 0.265. The van der Waals surface area contributed by atoms with Crippen molar-refractivity contribution in [1.82, 2.24) is 0 Å². The van der Waals surface area contributed by atoms with Gasteiger partial charge in [0.25, 0.3) is 0 Å². The Hall–Kier alpha value is -1.06. The maximum Gasteiger partial charge on any atom is 0.317 e. The molecule has 1 aliphatic rings. The van der Waals surface area contributed by atoms with Gasteiger partial charge in [0.05, 0.1) is 0 Å². The van der Waals surface area contributed by atoms with Gasteiger partial charge in [-0.15, -0.1) is 0 Å². The Labute approximate surface area is 95.7 Å². The highest BCUT2D eigenvalue weighted by atomic mass is 16.4. The molecule has 0 bridgehead atoms. The molecular formula is C12H20O4. The molecule has 0 aromatic rings. The van der Waals surface area contributed by atoms with Crippen LogP contribution in [0.2, 0.25) is 0 Å². The van der Waals surface area contributed by atoms with Crippen molar-refractivity contribution in [3.05, 3.63) is 0 Å². The Kier molecular flexibility index (Phi) is 5.29. The van der Waals surface area contributed by atoms with Crippen molar-refractivity contribution in [3.8, 4) is 0 Å². The van der Waals surface area contributed by atoms with Gasteiger partial charge < -0.3 is 10.2 Å². The first-order valence-electron chi connectivity index (χ1n) is 6.07. The van der Waals surface area contributed by atoms with Gasteiger partial charge in [0.1, 0.15) is 0 Å². The van der Waals surface area contributed by atoms with Crippen LogP contribution in [0.1, 0.15) is 51.4 Å². The SMILES string of the molecule is O=C(O)C(CCCC1CCCCC1)C(=O)O. The van der Waals surface area contributed by atoms with E-state index in [1.54, 1.807) is 0 Å². The van der Waals surface area contributed by atoms with E-state index in [-0.39, 0.29) is 6.42 Å². The van der Waals surface area contributed by atoms with Gasteiger partial charge >= 0.3 is 11.9 Å². The predicted octanol–water partition coefficient (Wildman–Crippen LogP) is 2.52. The van der Waals surface area contributed by atoms with Crippen molar-refractivity contribution in [2.75, 3.05) is 0 Å². The number of hydrogen-bond acceptors (Lipinski definition) is 2. The highest BCUT2D eigenvalue weighted by Gasteiger charge is 2.25. The molecule has 0 aromatic heterocycles. The molecule has 2 N–H and O–H groups in total. The Balaban J connectivity index is 2.22. The van der Waals surface area contributed by atoms with E-state index in [0.29, 0.717) is 12.3 Å². The van der Waals surface area contributed by atoms with Crippen LogP contribution < -0.4 is 0 Å². The zero-order chi connectivity index (χ0) is 12.0. The van der Waals surface area contributed by atoms with Crippen molar-refractivity contribution in [2.24, 2.45) is 11.8 Å². The topological polar surface area (TPSA) is 74.6 Å². The molecule has 0 radical (unpaired) electrons. The lowest BCUT2D eigenvalue weighted by molar-refractivity contribution is -0.154. The van der Waals surface area contributed by atoms with Gasteiger partial charge in [0.15, 0.2) is 5.92 Å². The Bertz CT molecular complexity index is 229. The summed E-state index contributed by atoms with van der Waals surface area (Å²) in [7, 11) is 0. The minimum atomic E-state index is -1.22. The smallest absolute Gasteiger partial charge is 0.317 e. The summed E-state index contributed by atoms with van der Waals surface area (Å²) in [5.41, 5.74) is 0. The first-order valence-corrected chi connectivity index (χ1v) is 6.07. The molecule has 1 aliphatic carbocycles. The average Bonchev–Trinajstić information content (AvgIpc) is 2.24. The van der Waals surface area contributed by atoms with Crippen LogP contribution in [0.25, 0.3) is 0 Å². The van der Waals surface area contributed by atoms with E-state index >= 15 is 0 Å². The van der Waals surface area contributed by atoms with Crippen LogP contribution in [-0.2, 0) is 9.59 Å². The first kappa shape index (κ1) is 13.0. The first-order chi connectivity index (χ1) is 7.61. The van der Waals surface area contributed by atoms with E-state index in [1.165, 1.54) is 32.1 Å². The van der Waals surface area contributed by atoms with Crippen molar-refractivity contribution >= 4 is 11.9 Å². The number of carboxylic acid groups (broad SMARTS) is 2. The third-order valence-corrected chi connectivity index (χ3v) is 3.43. The normalized spacial score (nSPS) is 17.6. The van der Waals surface area contributed by atoms with Gasteiger partial charge in [-0.3, -0.25) is 9.59 Å². The van der Waals surface area contributed by atoms with Crippen molar-refractivity contribution in [2.45, 2.75) is 51.4 Å². The number of aliphatic carboxylic acids is 2. The van der Waals surface area contributed by atoms with Gasteiger partial charge in [0.2, 0.25) is 0 Å². The van der Waals surface area contributed by atoms with E-state index in [4.69, 9.17) is 10.2 Å². The lowest BCUT2D eigenvalue weighted by atomic mass is 9.85. The fourth-order valence-electron chi connectivity index (χ4n) is 2.44. The van der Waals surface area contributed by atoms with Gasteiger partial charge in [-0.1, -0.05) is 44.9 Å². The summed E-state index contributed by atoms with van der Waals surface area (Å²) in [6.45, 7) is 0. The monoisotopic (exact) mass is 228 g/mol. The molecule has 0 aromatic carbocycles. The fourth-order valence-corrected chi connectivity index (χ4v) is 2.44. The summed E-state index contributed by atoms with van der Waals surface area (Å²) in [6.07, 6.45) is 8.27. The number of hydrogen-bond donors (Lipinski definition) is 2. The van der Waals surface area contributed by atoms with E-state index in [9.17, 15) is 9.59 Å². The van der Waals surface area contributed by atoms with Crippen LogP contribution in [0.4, 0.5) is 0 Å². The number of rotatable bonds is 6. The number of carboxylic acids is 2. The summed E-state index contributed by atoms with van der Waals surface area (Å²) in [4.78, 5) is 21.3. The van der Waals surface area contributed by atoms with Crippen LogP contribution in [0, 0.1) is 11.8 Å². The molecule has 92 valence electrons. The molecular weight excluding hydrogens is 208 g/mol. The molecule has 16 heavy (non-hydrogen) atoms. The van der Waals surface area contributed by atoms with Gasteiger partial charge in [-0.2, -0.15) is 0 Å². The van der Waals surface area contributed by atoms with Gasteiger partial charge in [-0.25, -0.2) is 0 Å². The lowest BCUT2D eigenvalue weighted by Crippen LogP contribution is -2.23. The molecule has 0 unspecified atom stereocenters. The predicted molar refractivity (Wildman–Crippen MR) is 59.2 cm³/mol. The third-order valence-electron chi connectivity index (χ3n) is 3.43. The summed E-state index contributed by atoms with van der Waals surface area (Å²) < 4.78 is 0. The molecule has 0 heterocycles. The third kappa shape index (κ3) is 4.21. The standard InChI is InChI=1S/C12H20O4/c13-11(14)10(12(15)16)8-4-7-9-5-2-1-3-6-9/h9-10H,1-8H2,(H,13,14)(H,15,16). The van der Waals surface area contributed by atoms with Crippen LogP contribution in [0.15, 0.2) is 0 Å². The molecule has 0 saturated heterocycles. The molecule has 0 atom stereocenters. The Morgan fingerprint density at radius 1 is 1.06 bits per heavy atom. The Morgan fingerprint density at radius 2 is 1.62 bits per heavy atom. The quantitative estimate of drug-likeness (QED) is 0.685. The summed E-state index contributed by atoms with van der Waals surface area (Å²) in [6, 6.07) is 0. The van der Waals surface area contributed by atoms with E-state index < -0.39 is 17.9 Å². The van der Waals surface area contributed by atoms with Gasteiger partial charge in [-0.05, 0) is 12.3 Å². The van der Waals surface area contributed by atoms with Crippen LogP contribution in [-0.4, -0.2) is 22.2 Å². The average molecular weight is 228 g/mol. The summed E-state index contributed by atoms with van der Waals surface area (Å²) in [5.74, 6) is -2.95. The molecule has 0 spiro atoms. The molecule has 4 nitrogen and oxygen atoms in total. The molecule has 1 rings (SSSR count). The summed E-state index contributed by atoms with van der Waals surface area (Å²) in [5, 5.41) is 17.4. The second-order valence-electron chi connectivity index (χ2n) is 4.66. The highest BCUT2D eigenvalue weighted by molar-refractivity contribution is 5.92. The molecule has 0 aliphatic heterocycles. The number of carbonyl (C=O) groups is 2. The van der Waals surface area contributed by atoms with Crippen LogP contribution >= 0.6 is 0 Å². The van der Waals surface area contributed by atoms with Crippen molar-refractivity contribution < 1.29 is 19.8 Å². The zero-order valence-corrected chi connectivity index (χ0v) is 9.52. The van der Waals surface area contributed by atoms with Crippen LogP contribution in [0.5, 0.6) is 0 Å². The minimum Gasteiger partial charge on any atom is -0.481 e. The molecule has 1 saturated carbocycles. The van der Waals surface area contributed by atoms with E-state index in [1.807, 2.05) is 0 Å².